The van der Waals surface area contributed by atoms with Crippen LogP contribution in [0.4, 0.5) is 17.3 Å². The monoisotopic (exact) mass is 438 g/mol. The number of nitrogens with zero attached hydrogens (tertiary/aromatic N) is 4. The van der Waals surface area contributed by atoms with Crippen LogP contribution in [0.15, 0.2) is 53.9 Å². The van der Waals surface area contributed by atoms with Gasteiger partial charge in [-0.2, -0.15) is 0 Å². The lowest BCUT2D eigenvalue weighted by Gasteiger charge is -2.17. The van der Waals surface area contributed by atoms with Gasteiger partial charge in [0, 0.05) is 19.3 Å². The number of benzene rings is 2. The first-order valence-electron chi connectivity index (χ1n) is 9.41. The van der Waals surface area contributed by atoms with E-state index in [-0.39, 0.29) is 0 Å². The third kappa shape index (κ3) is 4.29. The molecule has 0 bridgehead atoms. The van der Waals surface area contributed by atoms with Gasteiger partial charge in [-0.15, -0.1) is 0 Å². The summed E-state index contributed by atoms with van der Waals surface area (Å²) in [5.74, 6) is 2.04. The topological polar surface area (TPSA) is 103 Å². The van der Waals surface area contributed by atoms with Crippen LogP contribution < -0.4 is 19.5 Å². The predicted octanol–water partition coefficient (Wildman–Crippen LogP) is 3.57. The van der Waals surface area contributed by atoms with E-state index < -0.39 is 11.0 Å². The maximum atomic E-state index is 12.8. The fourth-order valence-electron chi connectivity index (χ4n) is 3.13. The van der Waals surface area contributed by atoms with E-state index in [1.165, 1.54) is 0 Å². The summed E-state index contributed by atoms with van der Waals surface area (Å²) in [5, 5.41) is 3.65. The summed E-state index contributed by atoms with van der Waals surface area (Å²) in [6, 6.07) is 11.2. The highest BCUT2D eigenvalue weighted by atomic mass is 32.2. The zero-order valence-corrected chi connectivity index (χ0v) is 18.4. The summed E-state index contributed by atoms with van der Waals surface area (Å²) in [5.41, 5.74) is 2.90. The van der Waals surface area contributed by atoms with Gasteiger partial charge in [0.05, 0.1) is 37.3 Å². The number of aromatic nitrogens is 4. The quantitative estimate of drug-likeness (QED) is 0.455. The van der Waals surface area contributed by atoms with Crippen molar-refractivity contribution < 1.29 is 13.7 Å². The number of anilines is 3. The number of fused-ring (bicyclic) bond motifs is 1. The second kappa shape index (κ2) is 8.60. The van der Waals surface area contributed by atoms with Crippen LogP contribution in [-0.4, -0.2) is 37.9 Å². The van der Waals surface area contributed by atoms with E-state index in [1.807, 2.05) is 50.4 Å². The Balaban J connectivity index is 1.78. The van der Waals surface area contributed by atoms with E-state index in [2.05, 4.69) is 20.0 Å². The zero-order valence-electron chi connectivity index (χ0n) is 17.5. The summed E-state index contributed by atoms with van der Waals surface area (Å²) >= 11 is 0. The van der Waals surface area contributed by atoms with Gasteiger partial charge >= 0.3 is 0 Å². The molecule has 1 atom stereocenters. The van der Waals surface area contributed by atoms with Gasteiger partial charge < -0.3 is 19.4 Å². The molecule has 0 saturated heterocycles. The molecule has 2 N–H and O–H groups in total. The molecule has 31 heavy (non-hydrogen) atoms. The Bertz CT molecular complexity index is 1270. The molecule has 0 radical (unpaired) electrons. The number of rotatable bonds is 7. The average molecular weight is 439 g/mol. The van der Waals surface area contributed by atoms with Crippen molar-refractivity contribution in [3.8, 4) is 11.5 Å². The SMILES string of the molecule is COc1cc(C)c(OC)c(Nc2nc3ccccc3nc2NS(=O)c2cn(C)cn2)c1. The molecule has 9 nitrogen and oxygen atoms in total. The number of imidazole rings is 1. The lowest BCUT2D eigenvalue weighted by Crippen LogP contribution is -2.11. The van der Waals surface area contributed by atoms with Crippen LogP contribution in [0.5, 0.6) is 11.5 Å². The molecule has 0 aliphatic rings. The van der Waals surface area contributed by atoms with Crippen molar-refractivity contribution >= 4 is 39.3 Å². The van der Waals surface area contributed by atoms with Crippen LogP contribution >= 0.6 is 0 Å². The Morgan fingerprint density at radius 2 is 1.74 bits per heavy atom. The van der Waals surface area contributed by atoms with Crippen molar-refractivity contribution in [2.24, 2.45) is 7.05 Å². The molecule has 10 heteroatoms. The Hall–Kier alpha value is -3.66. The molecular weight excluding hydrogens is 416 g/mol. The zero-order chi connectivity index (χ0) is 22.0. The smallest absolute Gasteiger partial charge is 0.182 e. The number of nitrogens with one attached hydrogen (secondary N) is 2. The number of methoxy groups -OCH3 is 2. The van der Waals surface area contributed by atoms with E-state index in [1.54, 1.807) is 31.3 Å². The summed E-state index contributed by atoms with van der Waals surface area (Å²) in [6.07, 6.45) is 3.27. The van der Waals surface area contributed by atoms with Crippen LogP contribution in [0.25, 0.3) is 11.0 Å². The Kier molecular flexibility index (Phi) is 5.72. The van der Waals surface area contributed by atoms with Crippen molar-refractivity contribution in [1.29, 1.82) is 0 Å². The van der Waals surface area contributed by atoms with Crippen molar-refractivity contribution in [2.45, 2.75) is 11.9 Å². The molecule has 4 rings (SSSR count). The number of aryl methyl sites for hydroxylation is 2. The molecule has 2 aromatic carbocycles. The van der Waals surface area contributed by atoms with Gasteiger partial charge in [-0.05, 0) is 30.7 Å². The van der Waals surface area contributed by atoms with Crippen molar-refractivity contribution in [3.05, 3.63) is 54.5 Å². The van der Waals surface area contributed by atoms with E-state index in [0.717, 1.165) is 5.56 Å². The molecule has 0 aliphatic heterocycles. The first kappa shape index (κ1) is 20.6. The maximum absolute atomic E-state index is 12.8. The predicted molar refractivity (Wildman–Crippen MR) is 120 cm³/mol. The van der Waals surface area contributed by atoms with Gasteiger partial charge in [-0.3, -0.25) is 4.72 Å². The minimum Gasteiger partial charge on any atom is -0.497 e. The number of hydrogen-bond acceptors (Lipinski definition) is 7. The van der Waals surface area contributed by atoms with Crippen LogP contribution in [0, 0.1) is 6.92 Å². The third-order valence-corrected chi connectivity index (χ3v) is 5.54. The highest BCUT2D eigenvalue weighted by Gasteiger charge is 2.17. The summed E-state index contributed by atoms with van der Waals surface area (Å²) in [4.78, 5) is 13.5. The molecule has 0 amide bonds. The molecule has 0 saturated carbocycles. The molecule has 160 valence electrons. The summed E-state index contributed by atoms with van der Waals surface area (Å²) in [6.45, 7) is 1.92. The minimum atomic E-state index is -1.62. The van der Waals surface area contributed by atoms with Crippen LogP contribution in [0.3, 0.4) is 0 Å². The highest BCUT2D eigenvalue weighted by Crippen LogP contribution is 2.36. The number of ether oxygens (including phenoxy) is 2. The molecule has 2 aromatic heterocycles. The van der Waals surface area contributed by atoms with Crippen molar-refractivity contribution in [1.82, 2.24) is 19.5 Å². The molecule has 0 fully saturated rings. The van der Waals surface area contributed by atoms with Crippen LogP contribution in [0.1, 0.15) is 5.56 Å². The maximum Gasteiger partial charge on any atom is 0.182 e. The molecule has 2 heterocycles. The normalized spacial score (nSPS) is 11.9. The molecule has 0 spiro atoms. The van der Waals surface area contributed by atoms with Crippen molar-refractivity contribution in [3.63, 3.8) is 0 Å². The van der Waals surface area contributed by atoms with E-state index >= 15 is 0 Å². The van der Waals surface area contributed by atoms with E-state index in [4.69, 9.17) is 14.5 Å². The van der Waals surface area contributed by atoms with Crippen LogP contribution in [0.2, 0.25) is 0 Å². The fourth-order valence-corrected chi connectivity index (χ4v) is 3.96. The van der Waals surface area contributed by atoms with Gasteiger partial charge in [0.1, 0.15) is 11.5 Å². The lowest BCUT2D eigenvalue weighted by molar-refractivity contribution is 0.402. The van der Waals surface area contributed by atoms with Gasteiger partial charge in [0.2, 0.25) is 0 Å². The van der Waals surface area contributed by atoms with Gasteiger partial charge in [0.15, 0.2) is 27.6 Å². The number of para-hydroxylation sites is 2. The van der Waals surface area contributed by atoms with Gasteiger partial charge in [-0.25, -0.2) is 19.2 Å². The Labute approximate surface area is 182 Å². The van der Waals surface area contributed by atoms with E-state index in [0.29, 0.717) is 44.9 Å². The highest BCUT2D eigenvalue weighted by molar-refractivity contribution is 7.86. The Morgan fingerprint density at radius 3 is 2.35 bits per heavy atom. The minimum absolute atomic E-state index is 0.324. The van der Waals surface area contributed by atoms with Gasteiger partial charge in [-0.1, -0.05) is 12.1 Å². The Morgan fingerprint density at radius 1 is 1.03 bits per heavy atom. The fraction of sp³-hybridized carbons (Fsp3) is 0.190. The molecule has 0 aliphatic carbocycles. The average Bonchev–Trinajstić information content (AvgIpc) is 3.20. The lowest BCUT2D eigenvalue weighted by atomic mass is 10.1. The second-order valence-electron chi connectivity index (χ2n) is 6.81. The second-order valence-corrected chi connectivity index (χ2v) is 7.97. The largest absolute Gasteiger partial charge is 0.497 e. The molecule has 4 aromatic rings. The standard InChI is InChI=1S/C21H22N6O3S/c1-13-9-14(29-3)10-17(19(13)30-4)25-20-21(24-16-8-6-5-7-15(16)23-20)26-31(28)18-11-27(2)12-22-18/h5-12H,1-4H3,(H,23,25)(H,24,26). The molecular formula is C21H22N6O3S. The van der Waals surface area contributed by atoms with E-state index in [9.17, 15) is 4.21 Å². The third-order valence-electron chi connectivity index (χ3n) is 4.57. The summed E-state index contributed by atoms with van der Waals surface area (Å²) in [7, 11) is 3.39. The van der Waals surface area contributed by atoms with Gasteiger partial charge in [0.25, 0.3) is 0 Å². The first-order chi connectivity index (χ1) is 15.0. The number of hydrogen-bond donors (Lipinski definition) is 2. The molecule has 1 unspecified atom stereocenters. The first-order valence-corrected chi connectivity index (χ1v) is 10.6. The van der Waals surface area contributed by atoms with Crippen molar-refractivity contribution in [2.75, 3.05) is 24.3 Å². The van der Waals surface area contributed by atoms with Crippen LogP contribution in [-0.2, 0) is 18.0 Å². The summed E-state index contributed by atoms with van der Waals surface area (Å²) < 4.78 is 28.4.